The van der Waals surface area contributed by atoms with E-state index >= 15 is 0 Å². The Morgan fingerprint density at radius 2 is 2.17 bits per heavy atom. The second-order valence-corrected chi connectivity index (χ2v) is 2.78. The van der Waals surface area contributed by atoms with E-state index in [0.717, 1.165) is 6.07 Å². The molecule has 0 aromatic heterocycles. The number of carbonyl (C=O) groups is 1. The van der Waals surface area contributed by atoms with Gasteiger partial charge in [0.1, 0.15) is 5.82 Å². The Morgan fingerprint density at radius 1 is 1.58 bits per heavy atom. The molecule has 1 aromatic rings. The molecule has 0 atom stereocenters. The molecule has 0 saturated carbocycles. The van der Waals surface area contributed by atoms with Crippen molar-refractivity contribution in [3.8, 4) is 0 Å². The molecule has 4 heteroatoms. The minimum Gasteiger partial charge on any atom is -0.396 e. The van der Waals surface area contributed by atoms with Crippen LogP contribution in [0.25, 0.3) is 0 Å². The SMILES string of the molecule is CC(=O)c1c(Cl)ccc(F)c1N. The smallest absolute Gasteiger partial charge is 0.163 e. The summed E-state index contributed by atoms with van der Waals surface area (Å²) in [5.74, 6) is -0.957. The van der Waals surface area contributed by atoms with Gasteiger partial charge in [0.15, 0.2) is 5.78 Å². The summed E-state index contributed by atoms with van der Waals surface area (Å²) in [5, 5.41) is 0.182. The monoisotopic (exact) mass is 187 g/mol. The Bertz CT molecular complexity index is 338. The second-order valence-electron chi connectivity index (χ2n) is 2.37. The van der Waals surface area contributed by atoms with Crippen molar-refractivity contribution in [2.45, 2.75) is 6.92 Å². The number of halogens is 2. The summed E-state index contributed by atoms with van der Waals surface area (Å²) >= 11 is 5.63. The third kappa shape index (κ3) is 1.41. The zero-order valence-electron chi connectivity index (χ0n) is 6.40. The van der Waals surface area contributed by atoms with Gasteiger partial charge in [-0.3, -0.25) is 4.79 Å². The number of carbonyl (C=O) groups excluding carboxylic acids is 1. The topological polar surface area (TPSA) is 43.1 Å². The average Bonchev–Trinajstić information content (AvgIpc) is 1.97. The summed E-state index contributed by atoms with van der Waals surface area (Å²) in [6, 6.07) is 2.44. The van der Waals surface area contributed by atoms with E-state index < -0.39 is 5.82 Å². The maximum atomic E-state index is 12.8. The van der Waals surface area contributed by atoms with Crippen LogP contribution in [0.1, 0.15) is 17.3 Å². The third-order valence-electron chi connectivity index (χ3n) is 1.49. The number of benzene rings is 1. The number of hydrogen-bond acceptors (Lipinski definition) is 2. The first-order valence-corrected chi connectivity index (χ1v) is 3.66. The van der Waals surface area contributed by atoms with Crippen LogP contribution in [0.3, 0.4) is 0 Å². The van der Waals surface area contributed by atoms with E-state index in [1.165, 1.54) is 13.0 Å². The number of hydrogen-bond donors (Lipinski definition) is 1. The molecular formula is C8H7ClFNO. The molecule has 0 radical (unpaired) electrons. The molecule has 2 nitrogen and oxygen atoms in total. The molecule has 0 amide bonds. The van der Waals surface area contributed by atoms with Crippen LogP contribution in [0.5, 0.6) is 0 Å². The van der Waals surface area contributed by atoms with Gasteiger partial charge in [0, 0.05) is 0 Å². The van der Waals surface area contributed by atoms with Gasteiger partial charge in [-0.25, -0.2) is 4.39 Å². The molecule has 64 valence electrons. The summed E-state index contributed by atoms with van der Waals surface area (Å²) in [6.07, 6.45) is 0. The predicted octanol–water partition coefficient (Wildman–Crippen LogP) is 2.26. The van der Waals surface area contributed by atoms with E-state index in [1.54, 1.807) is 0 Å². The van der Waals surface area contributed by atoms with Crippen LogP contribution >= 0.6 is 11.6 Å². The normalized spacial score (nSPS) is 9.92. The van der Waals surface area contributed by atoms with Gasteiger partial charge in [0.2, 0.25) is 0 Å². The quantitative estimate of drug-likeness (QED) is 0.541. The molecule has 12 heavy (non-hydrogen) atoms. The highest BCUT2D eigenvalue weighted by Crippen LogP contribution is 2.24. The molecule has 0 aliphatic heterocycles. The average molecular weight is 188 g/mol. The van der Waals surface area contributed by atoms with E-state index in [9.17, 15) is 9.18 Å². The van der Waals surface area contributed by atoms with Crippen LogP contribution in [0.4, 0.5) is 10.1 Å². The van der Waals surface area contributed by atoms with Crippen LogP contribution in [-0.2, 0) is 0 Å². The van der Waals surface area contributed by atoms with Crippen LogP contribution < -0.4 is 5.73 Å². The molecule has 0 heterocycles. The van der Waals surface area contributed by atoms with E-state index in [1.807, 2.05) is 0 Å². The lowest BCUT2D eigenvalue weighted by molar-refractivity contribution is 0.101. The van der Waals surface area contributed by atoms with Crippen molar-refractivity contribution in [2.75, 3.05) is 5.73 Å². The van der Waals surface area contributed by atoms with E-state index in [0.29, 0.717) is 0 Å². The Hall–Kier alpha value is -1.09. The summed E-state index contributed by atoms with van der Waals surface area (Å²) in [6.45, 7) is 1.29. The fourth-order valence-electron chi connectivity index (χ4n) is 0.925. The number of nitrogens with two attached hydrogens (primary N) is 1. The van der Waals surface area contributed by atoms with Gasteiger partial charge in [-0.2, -0.15) is 0 Å². The van der Waals surface area contributed by atoms with E-state index in [-0.39, 0.29) is 22.1 Å². The highest BCUT2D eigenvalue weighted by molar-refractivity contribution is 6.34. The summed E-state index contributed by atoms with van der Waals surface area (Å²) in [5.41, 5.74) is 5.17. The van der Waals surface area contributed by atoms with Gasteiger partial charge in [-0.1, -0.05) is 11.6 Å². The summed E-state index contributed by atoms with van der Waals surface area (Å²) in [7, 11) is 0. The molecule has 0 aliphatic carbocycles. The number of rotatable bonds is 1. The first-order chi connectivity index (χ1) is 5.54. The largest absolute Gasteiger partial charge is 0.396 e. The molecule has 0 aliphatic rings. The fourth-order valence-corrected chi connectivity index (χ4v) is 1.22. The van der Waals surface area contributed by atoms with Crippen molar-refractivity contribution in [1.29, 1.82) is 0 Å². The first-order valence-electron chi connectivity index (χ1n) is 3.28. The first kappa shape index (κ1) is 9.00. The van der Waals surface area contributed by atoms with Crippen LogP contribution in [0.2, 0.25) is 5.02 Å². The Kier molecular flexibility index (Phi) is 2.33. The standard InChI is InChI=1S/C8H7ClFNO/c1-4(12)7-5(9)2-3-6(10)8(7)11/h2-3H,11H2,1H3. The summed E-state index contributed by atoms with van der Waals surface area (Å²) in [4.78, 5) is 10.9. The lowest BCUT2D eigenvalue weighted by atomic mass is 10.1. The van der Waals surface area contributed by atoms with Gasteiger partial charge < -0.3 is 5.73 Å². The van der Waals surface area contributed by atoms with Crippen molar-refractivity contribution < 1.29 is 9.18 Å². The molecule has 0 spiro atoms. The Labute approximate surface area is 74.1 Å². The van der Waals surface area contributed by atoms with Gasteiger partial charge in [-0.15, -0.1) is 0 Å². The molecule has 1 rings (SSSR count). The number of nitrogen functional groups attached to an aromatic ring is 1. The maximum Gasteiger partial charge on any atom is 0.163 e. The van der Waals surface area contributed by atoms with E-state index in [4.69, 9.17) is 17.3 Å². The molecule has 0 fully saturated rings. The van der Waals surface area contributed by atoms with Crippen LogP contribution in [0.15, 0.2) is 12.1 Å². The number of ketones is 1. The van der Waals surface area contributed by atoms with Crippen molar-refractivity contribution in [1.82, 2.24) is 0 Å². The molecule has 1 aromatic carbocycles. The lowest BCUT2D eigenvalue weighted by Crippen LogP contribution is -2.02. The van der Waals surface area contributed by atoms with Crippen molar-refractivity contribution in [3.63, 3.8) is 0 Å². The highest BCUT2D eigenvalue weighted by atomic mass is 35.5. The Morgan fingerprint density at radius 3 is 2.58 bits per heavy atom. The minimum atomic E-state index is -0.621. The molecular weight excluding hydrogens is 181 g/mol. The third-order valence-corrected chi connectivity index (χ3v) is 1.81. The van der Waals surface area contributed by atoms with Crippen LogP contribution in [0, 0.1) is 5.82 Å². The minimum absolute atomic E-state index is 0.0525. The summed E-state index contributed by atoms with van der Waals surface area (Å²) < 4.78 is 12.8. The van der Waals surface area contributed by atoms with Gasteiger partial charge in [0.05, 0.1) is 16.3 Å². The number of Topliss-reactive ketones (excluding diaryl/α,β-unsaturated/α-hetero) is 1. The van der Waals surface area contributed by atoms with Gasteiger partial charge in [-0.05, 0) is 19.1 Å². The maximum absolute atomic E-state index is 12.8. The molecule has 0 bridgehead atoms. The molecule has 0 saturated heterocycles. The van der Waals surface area contributed by atoms with Crippen molar-refractivity contribution in [3.05, 3.63) is 28.5 Å². The number of anilines is 1. The zero-order valence-corrected chi connectivity index (χ0v) is 7.15. The van der Waals surface area contributed by atoms with Crippen LogP contribution in [-0.4, -0.2) is 5.78 Å². The molecule has 0 unspecified atom stereocenters. The van der Waals surface area contributed by atoms with Crippen molar-refractivity contribution >= 4 is 23.1 Å². The predicted molar refractivity (Wildman–Crippen MR) is 45.8 cm³/mol. The van der Waals surface area contributed by atoms with Gasteiger partial charge in [0.25, 0.3) is 0 Å². The molecule has 2 N–H and O–H groups in total. The van der Waals surface area contributed by atoms with E-state index in [2.05, 4.69) is 0 Å². The zero-order chi connectivity index (χ0) is 9.30. The van der Waals surface area contributed by atoms with Crippen molar-refractivity contribution in [2.24, 2.45) is 0 Å². The Balaban J connectivity index is 3.43. The van der Waals surface area contributed by atoms with Gasteiger partial charge >= 0.3 is 0 Å². The lowest BCUT2D eigenvalue weighted by Gasteiger charge is -2.04. The second kappa shape index (κ2) is 3.11. The fraction of sp³-hybridized carbons (Fsp3) is 0.125. The highest BCUT2D eigenvalue weighted by Gasteiger charge is 2.12.